The molecule has 0 aromatic carbocycles. The van der Waals surface area contributed by atoms with Gasteiger partial charge in [-0.05, 0) is 64.9 Å². The van der Waals surface area contributed by atoms with E-state index in [1.54, 1.807) is 6.20 Å². The van der Waals surface area contributed by atoms with E-state index in [1.807, 2.05) is 38.7 Å². The van der Waals surface area contributed by atoms with Crippen molar-refractivity contribution in [3.8, 4) is 0 Å². The normalized spacial score (nSPS) is 17.7. The predicted octanol–water partition coefficient (Wildman–Crippen LogP) is 4.91. The molecule has 11 nitrogen and oxygen atoms in total. The molecule has 4 rings (SSSR count). The number of aryl methyl sites for hydroxylation is 1. The number of hydrogen-bond donors (Lipinski definition) is 3. The summed E-state index contributed by atoms with van der Waals surface area (Å²) >= 11 is 8.17. The zero-order valence-corrected chi connectivity index (χ0v) is 26.5. The number of aliphatic carboxylic acids is 1. The van der Waals surface area contributed by atoms with Gasteiger partial charge in [0.1, 0.15) is 22.1 Å². The van der Waals surface area contributed by atoms with Crippen molar-refractivity contribution in [1.29, 1.82) is 0 Å². The van der Waals surface area contributed by atoms with Crippen molar-refractivity contribution in [1.82, 2.24) is 20.3 Å². The number of nitrogens with zero attached hydrogens (tertiary/aromatic N) is 5. The van der Waals surface area contributed by atoms with Gasteiger partial charge >= 0.3 is 12.1 Å². The molecule has 0 radical (unpaired) electrons. The fourth-order valence-electron chi connectivity index (χ4n) is 5.17. The van der Waals surface area contributed by atoms with Crippen molar-refractivity contribution in [3.05, 3.63) is 28.7 Å². The van der Waals surface area contributed by atoms with Gasteiger partial charge in [0.05, 0.1) is 23.2 Å². The molecule has 2 fully saturated rings. The minimum Gasteiger partial charge on any atom is -0.481 e. The molecular weight excluding hydrogens is 580 g/mol. The van der Waals surface area contributed by atoms with Gasteiger partial charge in [-0.3, -0.25) is 4.79 Å². The fraction of sp³-hybridized carbons (Fsp3) is 0.621. The molecule has 1 amide bonds. The van der Waals surface area contributed by atoms with Crippen molar-refractivity contribution in [2.45, 2.75) is 82.4 Å². The van der Waals surface area contributed by atoms with Gasteiger partial charge in [0.2, 0.25) is 0 Å². The highest BCUT2D eigenvalue weighted by atomic mass is 35.5. The summed E-state index contributed by atoms with van der Waals surface area (Å²) in [4.78, 5) is 42.5. The number of amides is 1. The number of aliphatic hydroxyl groups excluding tert-OH is 1. The molecule has 42 heavy (non-hydrogen) atoms. The molecule has 13 heteroatoms. The Hall–Kier alpha value is -2.83. The van der Waals surface area contributed by atoms with Crippen LogP contribution in [0.3, 0.4) is 0 Å². The smallest absolute Gasteiger partial charge is 0.407 e. The number of carbonyl (C=O) groups excluding carboxylic acids is 1. The summed E-state index contributed by atoms with van der Waals surface area (Å²) in [7, 11) is 0. The number of nitrogens with one attached hydrogen (secondary N) is 1. The van der Waals surface area contributed by atoms with Gasteiger partial charge in [-0.1, -0.05) is 30.3 Å². The van der Waals surface area contributed by atoms with E-state index in [9.17, 15) is 19.8 Å². The van der Waals surface area contributed by atoms with Gasteiger partial charge in [0, 0.05) is 43.8 Å². The van der Waals surface area contributed by atoms with Crippen LogP contribution in [0.15, 0.2) is 22.2 Å². The lowest BCUT2D eigenvalue weighted by molar-refractivity contribution is -0.142. The zero-order valence-electron chi connectivity index (χ0n) is 24.9. The third-order valence-corrected chi connectivity index (χ3v) is 9.37. The van der Waals surface area contributed by atoms with Crippen LogP contribution in [0.2, 0.25) is 5.02 Å². The molecular formula is C29H41ClN6O5S. The van der Waals surface area contributed by atoms with Crippen LogP contribution in [-0.4, -0.2) is 75.6 Å². The third-order valence-electron chi connectivity index (χ3n) is 7.74. The summed E-state index contributed by atoms with van der Waals surface area (Å²) in [5, 5.41) is 23.6. The number of carboxylic acid groups (broad SMARTS) is 1. The first-order chi connectivity index (χ1) is 19.8. The maximum atomic E-state index is 12.1. The number of pyridine rings is 1. The highest BCUT2D eigenvalue weighted by molar-refractivity contribution is 7.99. The van der Waals surface area contributed by atoms with Gasteiger partial charge in [-0.15, -0.1) is 0 Å². The Morgan fingerprint density at radius 2 is 1.79 bits per heavy atom. The molecule has 230 valence electrons. The second kappa shape index (κ2) is 13.2. The Labute approximate surface area is 256 Å². The van der Waals surface area contributed by atoms with Crippen molar-refractivity contribution in [2.75, 3.05) is 42.5 Å². The van der Waals surface area contributed by atoms with Crippen LogP contribution in [0.5, 0.6) is 0 Å². The highest BCUT2D eigenvalue weighted by Gasteiger charge is 2.33. The molecule has 4 heterocycles. The average Bonchev–Trinajstić information content (AvgIpc) is 2.93. The van der Waals surface area contributed by atoms with Gasteiger partial charge in [-0.25, -0.2) is 19.7 Å². The van der Waals surface area contributed by atoms with Crippen LogP contribution in [0.4, 0.5) is 16.4 Å². The highest BCUT2D eigenvalue weighted by Crippen LogP contribution is 2.40. The van der Waals surface area contributed by atoms with Crippen LogP contribution in [0, 0.1) is 18.3 Å². The van der Waals surface area contributed by atoms with Gasteiger partial charge in [0.25, 0.3) is 0 Å². The molecule has 0 bridgehead atoms. The molecule has 0 atom stereocenters. The van der Waals surface area contributed by atoms with E-state index in [0.29, 0.717) is 59.9 Å². The van der Waals surface area contributed by atoms with E-state index >= 15 is 0 Å². The second-order valence-electron chi connectivity index (χ2n) is 12.3. The number of halogens is 1. The Balaban J connectivity index is 1.42. The summed E-state index contributed by atoms with van der Waals surface area (Å²) in [6.07, 6.45) is 4.05. The number of ether oxygens (including phenoxy) is 1. The first-order valence-corrected chi connectivity index (χ1v) is 15.5. The number of alkyl carbamates (subject to hydrolysis) is 1. The van der Waals surface area contributed by atoms with Gasteiger partial charge < -0.3 is 30.1 Å². The second-order valence-corrected chi connectivity index (χ2v) is 13.8. The van der Waals surface area contributed by atoms with Crippen LogP contribution in [0.25, 0.3) is 0 Å². The fourth-order valence-corrected chi connectivity index (χ4v) is 6.39. The van der Waals surface area contributed by atoms with Crippen molar-refractivity contribution >= 4 is 47.1 Å². The number of aliphatic hydroxyl groups is 1. The summed E-state index contributed by atoms with van der Waals surface area (Å²) in [6, 6.07) is 1.82. The van der Waals surface area contributed by atoms with Crippen LogP contribution < -0.4 is 15.1 Å². The summed E-state index contributed by atoms with van der Waals surface area (Å²) in [5.41, 5.74) is 0.606. The van der Waals surface area contributed by atoms with Gasteiger partial charge in [-0.2, -0.15) is 0 Å². The summed E-state index contributed by atoms with van der Waals surface area (Å²) in [6.45, 7) is 12.4. The lowest BCUT2D eigenvalue weighted by atomic mass is 9.80. The Kier molecular flexibility index (Phi) is 10.1. The first kappa shape index (κ1) is 32.1. The van der Waals surface area contributed by atoms with E-state index in [-0.39, 0.29) is 17.9 Å². The minimum absolute atomic E-state index is 0.0796. The maximum Gasteiger partial charge on any atom is 0.407 e. The molecule has 2 saturated heterocycles. The Morgan fingerprint density at radius 1 is 1.14 bits per heavy atom. The predicted molar refractivity (Wildman–Crippen MR) is 162 cm³/mol. The zero-order chi connectivity index (χ0) is 30.7. The Morgan fingerprint density at radius 3 is 2.38 bits per heavy atom. The van der Waals surface area contributed by atoms with Crippen molar-refractivity contribution in [2.24, 2.45) is 11.3 Å². The number of hydrogen-bond acceptors (Lipinski definition) is 10. The number of carbonyl (C=O) groups is 2. The number of rotatable bonds is 8. The van der Waals surface area contributed by atoms with E-state index < -0.39 is 17.7 Å². The monoisotopic (exact) mass is 620 g/mol. The maximum absolute atomic E-state index is 12.1. The largest absolute Gasteiger partial charge is 0.481 e. The quantitative estimate of drug-likeness (QED) is 0.371. The molecule has 0 spiro atoms. The number of aromatic nitrogens is 3. The third kappa shape index (κ3) is 7.96. The van der Waals surface area contributed by atoms with Crippen LogP contribution >= 0.6 is 23.4 Å². The lowest BCUT2D eigenvalue weighted by Gasteiger charge is -2.40. The molecule has 2 aliphatic rings. The number of anilines is 2. The molecule has 2 aromatic heterocycles. The van der Waals surface area contributed by atoms with Crippen molar-refractivity contribution < 1.29 is 24.5 Å². The van der Waals surface area contributed by atoms with Gasteiger partial charge in [0.15, 0.2) is 5.82 Å². The van der Waals surface area contributed by atoms with Crippen LogP contribution in [-0.2, 0) is 16.1 Å². The number of piperidine rings is 2. The topological polar surface area (TPSA) is 141 Å². The molecule has 0 aliphatic carbocycles. The Bertz CT molecular complexity index is 1290. The molecule has 3 N–H and O–H groups in total. The van der Waals surface area contributed by atoms with E-state index in [4.69, 9.17) is 26.3 Å². The molecule has 0 unspecified atom stereocenters. The lowest BCUT2D eigenvalue weighted by Crippen LogP contribution is -2.46. The first-order valence-electron chi connectivity index (χ1n) is 14.3. The van der Waals surface area contributed by atoms with E-state index in [1.165, 1.54) is 11.8 Å². The minimum atomic E-state index is -0.760. The number of carboxylic acids is 1. The molecule has 2 aromatic rings. The SMILES string of the molecule is Cc1nc(N2CCC(C)(CNC(=O)OC(C)(C)C)CC2)c(CO)nc1Sc1ccnc(N2CCC(C(=O)O)CC2)c1Cl. The average molecular weight is 621 g/mol. The molecule has 2 aliphatic heterocycles. The van der Waals surface area contributed by atoms with Crippen molar-refractivity contribution in [3.63, 3.8) is 0 Å². The summed E-state index contributed by atoms with van der Waals surface area (Å²) in [5.74, 6) is 0.203. The van der Waals surface area contributed by atoms with E-state index in [2.05, 4.69) is 22.1 Å². The molecule has 0 saturated carbocycles. The van der Waals surface area contributed by atoms with Crippen LogP contribution in [0.1, 0.15) is 64.8 Å². The summed E-state index contributed by atoms with van der Waals surface area (Å²) < 4.78 is 5.38. The standard InChI is InChI=1S/C29H41ClN6O5S/c1-18-25(42-21-6-11-31-24(22(21)30)35-12-7-19(8-13-35)26(38)39)34-20(16-37)23(33-18)36-14-9-29(5,10-15-36)17-32-27(40)41-28(2,3)4/h6,11,19,37H,7-10,12-17H2,1-5H3,(H,32,40)(H,38,39). The van der Waals surface area contributed by atoms with E-state index in [0.717, 1.165) is 36.5 Å².